The molecule has 1 aliphatic rings. The van der Waals surface area contributed by atoms with Crippen LogP contribution in [0.4, 0.5) is 0 Å². The van der Waals surface area contributed by atoms with Crippen LogP contribution >= 0.6 is 11.3 Å². The molecule has 2 nitrogen and oxygen atoms in total. The van der Waals surface area contributed by atoms with Gasteiger partial charge in [-0.3, -0.25) is 0 Å². The Morgan fingerprint density at radius 3 is 3.00 bits per heavy atom. The zero-order valence-electron chi connectivity index (χ0n) is 10.8. The second-order valence-electron chi connectivity index (χ2n) is 5.64. The van der Waals surface area contributed by atoms with Crippen molar-refractivity contribution in [3.63, 3.8) is 0 Å². The highest BCUT2D eigenvalue weighted by atomic mass is 32.1. The fourth-order valence-corrected chi connectivity index (χ4v) is 3.42. The van der Waals surface area contributed by atoms with Crippen LogP contribution in [0.5, 0.6) is 0 Å². The summed E-state index contributed by atoms with van der Waals surface area (Å²) in [7, 11) is 0. The fraction of sp³-hybridized carbons (Fsp3) is 0.714. The Kier molecular flexibility index (Phi) is 4.23. The molecule has 1 saturated carbocycles. The number of hydrogen-bond acceptors (Lipinski definition) is 3. The number of aliphatic hydroxyl groups is 1. The first-order valence-electron chi connectivity index (χ1n) is 6.56. The third kappa shape index (κ3) is 3.54. The van der Waals surface area contributed by atoms with Gasteiger partial charge >= 0.3 is 0 Å². The molecule has 96 valence electrons. The largest absolute Gasteiger partial charge is 0.384 e. The van der Waals surface area contributed by atoms with E-state index in [2.05, 4.69) is 12.2 Å². The zero-order chi connectivity index (χ0) is 12.3. The van der Waals surface area contributed by atoms with E-state index in [-0.39, 0.29) is 0 Å². The first-order chi connectivity index (χ1) is 8.08. The van der Waals surface area contributed by atoms with Gasteiger partial charge in [0.05, 0.1) is 5.60 Å². The highest BCUT2D eigenvalue weighted by Gasteiger charge is 2.26. The lowest BCUT2D eigenvalue weighted by molar-refractivity contribution is 0.0516. The molecule has 0 radical (unpaired) electrons. The molecule has 0 aromatic carbocycles. The van der Waals surface area contributed by atoms with Crippen LogP contribution < -0.4 is 5.32 Å². The van der Waals surface area contributed by atoms with Gasteiger partial charge in [-0.15, -0.1) is 0 Å². The van der Waals surface area contributed by atoms with Gasteiger partial charge in [0.1, 0.15) is 0 Å². The summed E-state index contributed by atoms with van der Waals surface area (Å²) in [5, 5.41) is 18.0. The van der Waals surface area contributed by atoms with Crippen molar-refractivity contribution < 1.29 is 5.11 Å². The van der Waals surface area contributed by atoms with Gasteiger partial charge in [0, 0.05) is 12.6 Å². The molecule has 0 bridgehead atoms. The smallest absolute Gasteiger partial charge is 0.1000 e. The molecular formula is C14H23NOS. The topological polar surface area (TPSA) is 32.3 Å². The Morgan fingerprint density at radius 2 is 2.35 bits per heavy atom. The Balaban J connectivity index is 1.85. The molecule has 17 heavy (non-hydrogen) atoms. The maximum Gasteiger partial charge on any atom is 0.1000 e. The minimum Gasteiger partial charge on any atom is -0.384 e. The average Bonchev–Trinajstić information content (AvgIpc) is 2.81. The quantitative estimate of drug-likeness (QED) is 0.864. The van der Waals surface area contributed by atoms with Crippen LogP contribution in [-0.4, -0.2) is 17.7 Å². The third-order valence-corrected chi connectivity index (χ3v) is 4.50. The summed E-state index contributed by atoms with van der Waals surface area (Å²) in [5.74, 6) is 0.826. The minimum atomic E-state index is -0.735. The second-order valence-corrected chi connectivity index (χ2v) is 6.42. The van der Waals surface area contributed by atoms with E-state index in [4.69, 9.17) is 0 Å². The molecule has 1 aromatic rings. The molecule has 0 aliphatic heterocycles. The molecule has 0 amide bonds. The Labute approximate surface area is 108 Å². The summed E-state index contributed by atoms with van der Waals surface area (Å²) < 4.78 is 0. The van der Waals surface area contributed by atoms with Gasteiger partial charge in [0.2, 0.25) is 0 Å². The second kappa shape index (κ2) is 5.51. The Morgan fingerprint density at radius 1 is 1.53 bits per heavy atom. The first-order valence-corrected chi connectivity index (χ1v) is 7.50. The summed E-state index contributed by atoms with van der Waals surface area (Å²) in [4.78, 5) is 0. The molecular weight excluding hydrogens is 230 g/mol. The highest BCUT2D eigenvalue weighted by Crippen LogP contribution is 2.26. The minimum absolute atomic E-state index is 0.587. The van der Waals surface area contributed by atoms with E-state index in [1.54, 1.807) is 11.3 Å². The average molecular weight is 253 g/mol. The monoisotopic (exact) mass is 253 g/mol. The summed E-state index contributed by atoms with van der Waals surface area (Å²) in [5.41, 5.74) is 0.291. The van der Waals surface area contributed by atoms with Crippen LogP contribution in [0.25, 0.3) is 0 Å². The van der Waals surface area contributed by atoms with Crippen LogP contribution in [0.1, 0.15) is 45.1 Å². The maximum atomic E-state index is 10.4. The van der Waals surface area contributed by atoms with Gasteiger partial charge < -0.3 is 10.4 Å². The van der Waals surface area contributed by atoms with Crippen LogP contribution in [0.2, 0.25) is 0 Å². The SMILES string of the molecule is CC1CCCC(NCC(C)(O)c2ccsc2)C1. The lowest BCUT2D eigenvalue weighted by Crippen LogP contribution is -2.42. The molecule has 0 spiro atoms. The Hall–Kier alpha value is -0.380. The number of hydrogen-bond donors (Lipinski definition) is 2. The normalized spacial score (nSPS) is 28.9. The van der Waals surface area contributed by atoms with Gasteiger partial charge in [-0.2, -0.15) is 11.3 Å². The van der Waals surface area contributed by atoms with Crippen molar-refractivity contribution in [1.82, 2.24) is 5.32 Å². The van der Waals surface area contributed by atoms with E-state index in [1.807, 2.05) is 23.8 Å². The zero-order valence-corrected chi connectivity index (χ0v) is 11.6. The predicted octanol–water partition coefficient (Wildman–Crippen LogP) is 3.12. The lowest BCUT2D eigenvalue weighted by atomic mass is 9.86. The van der Waals surface area contributed by atoms with Crippen molar-refractivity contribution in [1.29, 1.82) is 0 Å². The summed E-state index contributed by atoms with van der Waals surface area (Å²) in [6.07, 6.45) is 5.18. The lowest BCUT2D eigenvalue weighted by Gasteiger charge is -2.31. The van der Waals surface area contributed by atoms with E-state index in [1.165, 1.54) is 25.7 Å². The molecule has 2 rings (SSSR count). The van der Waals surface area contributed by atoms with Crippen molar-refractivity contribution in [3.05, 3.63) is 22.4 Å². The van der Waals surface area contributed by atoms with E-state index in [9.17, 15) is 5.11 Å². The van der Waals surface area contributed by atoms with Gasteiger partial charge in [-0.1, -0.05) is 19.8 Å². The maximum absolute atomic E-state index is 10.4. The van der Waals surface area contributed by atoms with Gasteiger partial charge in [-0.25, -0.2) is 0 Å². The molecule has 3 atom stereocenters. The highest BCUT2D eigenvalue weighted by molar-refractivity contribution is 7.08. The van der Waals surface area contributed by atoms with Crippen LogP contribution in [0.3, 0.4) is 0 Å². The molecule has 1 aromatic heterocycles. The van der Waals surface area contributed by atoms with E-state index >= 15 is 0 Å². The van der Waals surface area contributed by atoms with E-state index in [0.29, 0.717) is 12.6 Å². The van der Waals surface area contributed by atoms with Crippen molar-refractivity contribution in [2.45, 2.75) is 51.2 Å². The summed E-state index contributed by atoms with van der Waals surface area (Å²) in [6, 6.07) is 2.60. The van der Waals surface area contributed by atoms with Crippen molar-refractivity contribution >= 4 is 11.3 Å². The molecule has 1 heterocycles. The standard InChI is InChI=1S/C14H23NOS/c1-11-4-3-5-13(8-11)15-10-14(2,16)12-6-7-17-9-12/h6-7,9,11,13,15-16H,3-5,8,10H2,1-2H3. The fourth-order valence-electron chi connectivity index (χ4n) is 2.64. The molecule has 3 unspecified atom stereocenters. The number of thiophene rings is 1. The molecule has 0 saturated heterocycles. The van der Waals surface area contributed by atoms with Gasteiger partial charge in [-0.05, 0) is 48.1 Å². The third-order valence-electron chi connectivity index (χ3n) is 3.81. The molecule has 2 N–H and O–H groups in total. The number of rotatable bonds is 4. The van der Waals surface area contributed by atoms with Crippen LogP contribution in [-0.2, 0) is 5.60 Å². The Bertz CT molecular complexity index is 334. The van der Waals surface area contributed by atoms with Crippen molar-refractivity contribution in [2.75, 3.05) is 6.54 Å². The van der Waals surface area contributed by atoms with Crippen molar-refractivity contribution in [2.24, 2.45) is 5.92 Å². The predicted molar refractivity (Wildman–Crippen MR) is 73.3 cm³/mol. The van der Waals surface area contributed by atoms with Gasteiger partial charge in [0.15, 0.2) is 0 Å². The van der Waals surface area contributed by atoms with E-state index in [0.717, 1.165) is 11.5 Å². The molecule has 1 aliphatic carbocycles. The van der Waals surface area contributed by atoms with Crippen molar-refractivity contribution in [3.8, 4) is 0 Å². The summed E-state index contributed by atoms with van der Waals surface area (Å²) in [6.45, 7) is 4.88. The molecule has 3 heteroatoms. The number of nitrogens with one attached hydrogen (secondary N) is 1. The van der Waals surface area contributed by atoms with Gasteiger partial charge in [0.25, 0.3) is 0 Å². The van der Waals surface area contributed by atoms with E-state index < -0.39 is 5.60 Å². The molecule has 1 fully saturated rings. The first kappa shape index (κ1) is 13.1. The van der Waals surface area contributed by atoms with Crippen LogP contribution in [0, 0.1) is 5.92 Å². The summed E-state index contributed by atoms with van der Waals surface area (Å²) >= 11 is 1.64. The van der Waals surface area contributed by atoms with Crippen LogP contribution in [0.15, 0.2) is 16.8 Å².